The smallest absolute Gasteiger partial charge is 0.226 e. The number of aliphatic hydroxyl groups excluding tert-OH is 1. The van der Waals surface area contributed by atoms with Crippen molar-refractivity contribution in [2.24, 2.45) is 11.0 Å². The summed E-state index contributed by atoms with van der Waals surface area (Å²) in [4.78, 5) is 16.8. The van der Waals surface area contributed by atoms with E-state index in [0.29, 0.717) is 96.1 Å². The normalized spacial score (nSPS) is 21.9. The fourth-order valence-electron chi connectivity index (χ4n) is 7.37. The van der Waals surface area contributed by atoms with Gasteiger partial charge in [-0.2, -0.15) is 0 Å². The highest BCUT2D eigenvalue weighted by Gasteiger charge is 2.78. The zero-order valence-electron chi connectivity index (χ0n) is 32.2. The molecule has 1 heterocycles. The largest absolute Gasteiger partial charge is 0.496 e. The number of fused-ring (bicyclic) bond motifs is 3. The summed E-state index contributed by atoms with van der Waals surface area (Å²) < 4.78 is 51.8. The molecule has 1 saturated carbocycles. The summed E-state index contributed by atoms with van der Waals surface area (Å²) in [6.45, 7) is 5.04. The minimum Gasteiger partial charge on any atom is -0.496 e. The number of carbonyl (C=O) groups is 1. The molecule has 0 unspecified atom stereocenters. The molecule has 0 bridgehead atoms. The predicted molar refractivity (Wildman–Crippen MR) is 211 cm³/mol. The van der Waals surface area contributed by atoms with Gasteiger partial charge in [-0.3, -0.25) is 4.79 Å². The molecule has 1 fully saturated rings. The van der Waals surface area contributed by atoms with Crippen molar-refractivity contribution in [3.63, 3.8) is 0 Å². The molecule has 16 nitrogen and oxygen atoms in total. The number of halogens is 1. The third-order valence-electron chi connectivity index (χ3n) is 9.82. The highest BCUT2D eigenvalue weighted by molar-refractivity contribution is 9.10. The lowest BCUT2D eigenvalue weighted by molar-refractivity contribution is -0.154. The van der Waals surface area contributed by atoms with E-state index in [9.17, 15) is 15.0 Å². The molecule has 5 rings (SSSR count). The molecule has 1 aliphatic carbocycles. The van der Waals surface area contributed by atoms with E-state index in [0.717, 1.165) is 4.47 Å². The molecule has 0 radical (unpaired) electrons. The van der Waals surface area contributed by atoms with E-state index in [1.165, 1.54) is 14.2 Å². The van der Waals surface area contributed by atoms with Crippen molar-refractivity contribution >= 4 is 21.8 Å². The average molecular weight is 860 g/mol. The van der Waals surface area contributed by atoms with Gasteiger partial charge in [-0.25, -0.2) is 0 Å². The Morgan fingerprint density at radius 3 is 1.93 bits per heavy atom. The van der Waals surface area contributed by atoms with E-state index < -0.39 is 35.0 Å². The number of amides is 1. The molecule has 5 atom stereocenters. The standard InChI is InChI=1S/C40H51BrN4O12/c1-49-31-26-32(50-2)36-33(27-31)57-40(29-8-10-30(41)11-9-29)35(28-6-4-3-5-7-28)34(37(46)39(36,40)48)38(47)43-12-14-51-16-18-53-20-22-55-24-25-56-23-21-54-19-17-52-15-13-44-45-42/h3-11,26-27,34-35,37,46,48H,12-25H2,1-2H3,(H,43,47)/t34-,35-,37-,39+,40+/m1/s1. The van der Waals surface area contributed by atoms with Crippen LogP contribution in [0.1, 0.15) is 22.6 Å². The second-order valence-corrected chi connectivity index (χ2v) is 14.0. The average Bonchev–Trinajstić information content (AvgIpc) is 3.61. The summed E-state index contributed by atoms with van der Waals surface area (Å²) in [6.07, 6.45) is -1.62. The molecule has 0 spiro atoms. The van der Waals surface area contributed by atoms with Crippen LogP contribution in [-0.2, 0) is 44.4 Å². The topological polar surface area (TPSA) is 201 Å². The summed E-state index contributed by atoms with van der Waals surface area (Å²) in [5, 5.41) is 31.7. The third-order valence-corrected chi connectivity index (χ3v) is 10.3. The van der Waals surface area contributed by atoms with Gasteiger partial charge in [0, 0.05) is 40.5 Å². The number of nitrogens with one attached hydrogen (secondary N) is 1. The van der Waals surface area contributed by atoms with E-state index in [2.05, 4.69) is 31.3 Å². The molecule has 1 aliphatic heterocycles. The summed E-state index contributed by atoms with van der Waals surface area (Å²) in [5.74, 6) is -1.47. The highest BCUT2D eigenvalue weighted by atomic mass is 79.9. The van der Waals surface area contributed by atoms with Crippen molar-refractivity contribution in [2.75, 3.05) is 107 Å². The van der Waals surface area contributed by atoms with Crippen LogP contribution in [0.2, 0.25) is 0 Å². The Morgan fingerprint density at radius 1 is 0.825 bits per heavy atom. The molecule has 57 heavy (non-hydrogen) atoms. The van der Waals surface area contributed by atoms with Gasteiger partial charge >= 0.3 is 0 Å². The zero-order valence-corrected chi connectivity index (χ0v) is 33.8. The summed E-state index contributed by atoms with van der Waals surface area (Å²) in [5.41, 5.74) is 5.93. The number of ether oxygens (including phenoxy) is 9. The number of methoxy groups -OCH3 is 2. The van der Waals surface area contributed by atoms with Crippen LogP contribution in [0.3, 0.4) is 0 Å². The van der Waals surface area contributed by atoms with E-state index >= 15 is 0 Å². The van der Waals surface area contributed by atoms with Crippen LogP contribution in [0.5, 0.6) is 17.2 Å². The first-order chi connectivity index (χ1) is 27.8. The first-order valence-corrected chi connectivity index (χ1v) is 19.5. The molecule has 1 amide bonds. The van der Waals surface area contributed by atoms with Gasteiger partial charge in [0.05, 0.1) is 105 Å². The second-order valence-electron chi connectivity index (χ2n) is 13.1. The number of hydrogen-bond donors (Lipinski definition) is 3. The number of azide groups is 1. The van der Waals surface area contributed by atoms with Crippen molar-refractivity contribution in [1.82, 2.24) is 5.32 Å². The van der Waals surface area contributed by atoms with Crippen molar-refractivity contribution in [1.29, 1.82) is 0 Å². The number of benzene rings is 3. The van der Waals surface area contributed by atoms with E-state index in [1.54, 1.807) is 12.1 Å². The van der Waals surface area contributed by atoms with Gasteiger partial charge in [0.15, 0.2) is 11.2 Å². The Bertz CT molecular complexity index is 1750. The van der Waals surface area contributed by atoms with Crippen molar-refractivity contribution in [3.05, 3.63) is 98.3 Å². The fraction of sp³-hybridized carbons (Fsp3) is 0.525. The lowest BCUT2D eigenvalue weighted by atomic mass is 9.70. The van der Waals surface area contributed by atoms with Crippen molar-refractivity contribution < 1.29 is 57.6 Å². The first kappa shape index (κ1) is 44.1. The number of aliphatic hydroxyl groups is 2. The molecule has 17 heteroatoms. The van der Waals surface area contributed by atoms with E-state index in [4.69, 9.17) is 48.2 Å². The van der Waals surface area contributed by atoms with Gasteiger partial charge in [-0.15, -0.1) is 0 Å². The Morgan fingerprint density at radius 2 is 1.39 bits per heavy atom. The maximum absolute atomic E-state index is 14.2. The van der Waals surface area contributed by atoms with Crippen LogP contribution in [0.25, 0.3) is 10.4 Å². The molecular formula is C40H51BrN4O12. The lowest BCUT2D eigenvalue weighted by Gasteiger charge is -2.40. The fourth-order valence-corrected chi connectivity index (χ4v) is 7.63. The molecule has 2 aliphatic rings. The van der Waals surface area contributed by atoms with Gasteiger partial charge in [0.1, 0.15) is 23.4 Å². The molecule has 0 aromatic heterocycles. The summed E-state index contributed by atoms with van der Waals surface area (Å²) in [6, 6.07) is 19.9. The van der Waals surface area contributed by atoms with E-state index in [1.807, 2.05) is 54.6 Å². The Labute approximate surface area is 340 Å². The number of hydrogen-bond acceptors (Lipinski definition) is 13. The Kier molecular flexibility index (Phi) is 17.2. The molecule has 0 saturated heterocycles. The van der Waals surface area contributed by atoms with Crippen LogP contribution >= 0.6 is 15.9 Å². The summed E-state index contributed by atoms with van der Waals surface area (Å²) in [7, 11) is 2.98. The lowest BCUT2D eigenvalue weighted by Crippen LogP contribution is -2.52. The number of nitrogens with zero attached hydrogens (tertiary/aromatic N) is 3. The van der Waals surface area contributed by atoms with Crippen LogP contribution in [-0.4, -0.2) is 129 Å². The van der Waals surface area contributed by atoms with Gasteiger partial charge < -0.3 is 58.2 Å². The minimum absolute atomic E-state index is 0.159. The quantitative estimate of drug-likeness (QED) is 0.0450. The second kappa shape index (κ2) is 22.2. The maximum atomic E-state index is 14.2. The first-order valence-electron chi connectivity index (χ1n) is 18.7. The molecular weight excluding hydrogens is 808 g/mol. The maximum Gasteiger partial charge on any atom is 0.226 e. The Hall–Kier alpha value is -4.00. The zero-order chi connectivity index (χ0) is 40.5. The number of rotatable bonds is 26. The minimum atomic E-state index is -2.12. The van der Waals surface area contributed by atoms with Gasteiger partial charge in [0.25, 0.3) is 0 Å². The van der Waals surface area contributed by atoms with Crippen LogP contribution in [0, 0.1) is 5.92 Å². The van der Waals surface area contributed by atoms with Crippen LogP contribution in [0.4, 0.5) is 0 Å². The monoisotopic (exact) mass is 858 g/mol. The van der Waals surface area contributed by atoms with Gasteiger partial charge in [-0.1, -0.05) is 63.5 Å². The highest BCUT2D eigenvalue weighted by Crippen LogP contribution is 2.70. The molecule has 3 N–H and O–H groups in total. The molecule has 310 valence electrons. The molecule has 3 aromatic rings. The SMILES string of the molecule is COc1cc(OC)c2c(c1)O[C@@]1(c3ccc(Br)cc3)[C@H](c3ccccc3)[C@@H](C(=O)NCCOCCOCCOCCOCCOCCOCCN=[N+]=[N-])[C@@H](O)[C@@]21O. The van der Waals surface area contributed by atoms with Crippen LogP contribution in [0.15, 0.2) is 76.3 Å². The predicted octanol–water partition coefficient (Wildman–Crippen LogP) is 4.24. The summed E-state index contributed by atoms with van der Waals surface area (Å²) >= 11 is 3.51. The Balaban J connectivity index is 1.10. The van der Waals surface area contributed by atoms with Gasteiger partial charge in [-0.05, 0) is 28.8 Å². The van der Waals surface area contributed by atoms with Gasteiger partial charge in [0.2, 0.25) is 5.91 Å². The number of carbonyl (C=O) groups excluding carboxylic acids is 1. The van der Waals surface area contributed by atoms with Crippen LogP contribution < -0.4 is 19.5 Å². The third kappa shape index (κ3) is 10.4. The molecule has 3 aromatic carbocycles. The van der Waals surface area contributed by atoms with E-state index in [-0.39, 0.29) is 30.2 Å². The van der Waals surface area contributed by atoms with Crippen molar-refractivity contribution in [3.8, 4) is 17.2 Å². The van der Waals surface area contributed by atoms with Crippen molar-refractivity contribution in [2.45, 2.75) is 23.2 Å².